The van der Waals surface area contributed by atoms with Gasteiger partial charge in [0.2, 0.25) is 0 Å². The minimum atomic E-state index is -0.0497. The van der Waals surface area contributed by atoms with E-state index in [-0.39, 0.29) is 5.97 Å². The molecule has 0 N–H and O–H groups in total. The van der Waals surface area contributed by atoms with E-state index in [9.17, 15) is 4.79 Å². The molecule has 0 aliphatic heterocycles. The van der Waals surface area contributed by atoms with Crippen molar-refractivity contribution >= 4 is 5.97 Å². The number of hydrogen-bond acceptors (Lipinski definition) is 3. The number of hydrogen-bond donors (Lipinski definition) is 0. The number of carbonyl (C=O) groups is 1. The van der Waals surface area contributed by atoms with Crippen LogP contribution in [0.15, 0.2) is 0 Å². The summed E-state index contributed by atoms with van der Waals surface area (Å²) < 4.78 is 4.72. The number of rotatable bonds is 5. The first-order chi connectivity index (χ1) is 7.71. The summed E-state index contributed by atoms with van der Waals surface area (Å²) in [6, 6.07) is 0.740. The fraction of sp³-hybridized carbons (Fsp3) is 0.923. The average Bonchev–Trinajstić information content (AvgIpc) is 2.32. The van der Waals surface area contributed by atoms with Crippen LogP contribution < -0.4 is 0 Å². The normalized spacial score (nSPS) is 25.8. The van der Waals surface area contributed by atoms with E-state index in [2.05, 4.69) is 18.7 Å². The smallest absolute Gasteiger partial charge is 0.305 e. The number of esters is 1. The molecule has 1 aliphatic rings. The monoisotopic (exact) mass is 227 g/mol. The third-order valence-electron chi connectivity index (χ3n) is 3.83. The molecule has 94 valence electrons. The lowest BCUT2D eigenvalue weighted by atomic mass is 9.83. The predicted molar refractivity (Wildman–Crippen MR) is 65.3 cm³/mol. The molecule has 0 amide bonds. The first-order valence-corrected chi connectivity index (χ1v) is 6.52. The van der Waals surface area contributed by atoms with Gasteiger partial charge in [0.05, 0.1) is 7.11 Å². The van der Waals surface area contributed by atoms with Crippen LogP contribution in [0.3, 0.4) is 0 Å². The van der Waals surface area contributed by atoms with Gasteiger partial charge >= 0.3 is 5.97 Å². The van der Waals surface area contributed by atoms with E-state index in [0.29, 0.717) is 12.3 Å². The Balaban J connectivity index is 2.30. The van der Waals surface area contributed by atoms with Gasteiger partial charge in [0, 0.05) is 12.5 Å². The summed E-state index contributed by atoms with van der Waals surface area (Å²) in [5.74, 6) is 0.505. The Kier molecular flexibility index (Phi) is 5.81. The van der Waals surface area contributed by atoms with Gasteiger partial charge in [-0.1, -0.05) is 13.8 Å². The van der Waals surface area contributed by atoms with Crippen molar-refractivity contribution in [1.82, 2.24) is 4.90 Å². The van der Waals surface area contributed by atoms with Crippen molar-refractivity contribution in [2.45, 2.75) is 52.0 Å². The maximum Gasteiger partial charge on any atom is 0.305 e. The summed E-state index contributed by atoms with van der Waals surface area (Å²) in [6.07, 6.45) is 5.45. The summed E-state index contributed by atoms with van der Waals surface area (Å²) in [7, 11) is 1.48. The molecule has 3 heteroatoms. The van der Waals surface area contributed by atoms with Crippen LogP contribution in [0.5, 0.6) is 0 Å². The molecule has 0 saturated heterocycles. The topological polar surface area (TPSA) is 29.5 Å². The van der Waals surface area contributed by atoms with Gasteiger partial charge in [-0.15, -0.1) is 0 Å². The lowest BCUT2D eigenvalue weighted by molar-refractivity contribution is -0.142. The van der Waals surface area contributed by atoms with Crippen LogP contribution in [0, 0.1) is 5.92 Å². The SMILES string of the molecule is CCN(CC)C1CCC(CC(=O)OC)CC1. The second-order valence-electron chi connectivity index (χ2n) is 4.68. The summed E-state index contributed by atoms with van der Waals surface area (Å²) >= 11 is 0. The average molecular weight is 227 g/mol. The molecule has 0 atom stereocenters. The van der Waals surface area contributed by atoms with Crippen LogP contribution in [0.2, 0.25) is 0 Å². The lowest BCUT2D eigenvalue weighted by Gasteiger charge is -2.35. The van der Waals surface area contributed by atoms with Crippen molar-refractivity contribution in [3.8, 4) is 0 Å². The van der Waals surface area contributed by atoms with Gasteiger partial charge < -0.3 is 9.64 Å². The number of methoxy groups -OCH3 is 1. The molecule has 0 aromatic carbocycles. The molecule has 0 aromatic heterocycles. The Hall–Kier alpha value is -0.570. The lowest BCUT2D eigenvalue weighted by Crippen LogP contribution is -2.38. The Morgan fingerprint density at radius 2 is 1.75 bits per heavy atom. The Labute approximate surface area is 99.1 Å². The quantitative estimate of drug-likeness (QED) is 0.676. The molecule has 0 unspecified atom stereocenters. The highest BCUT2D eigenvalue weighted by Gasteiger charge is 2.25. The first-order valence-electron chi connectivity index (χ1n) is 6.52. The zero-order valence-corrected chi connectivity index (χ0v) is 10.9. The van der Waals surface area contributed by atoms with Crippen molar-refractivity contribution in [1.29, 1.82) is 0 Å². The maximum absolute atomic E-state index is 11.2. The summed E-state index contributed by atoms with van der Waals surface area (Å²) in [6.45, 7) is 6.74. The van der Waals surface area contributed by atoms with Crippen molar-refractivity contribution in [3.63, 3.8) is 0 Å². The molecule has 1 aliphatic carbocycles. The third kappa shape index (κ3) is 3.78. The molecule has 0 heterocycles. The Morgan fingerprint density at radius 3 is 2.19 bits per heavy atom. The first kappa shape index (κ1) is 13.5. The van der Waals surface area contributed by atoms with Gasteiger partial charge in [0.15, 0.2) is 0 Å². The van der Waals surface area contributed by atoms with Gasteiger partial charge in [-0.2, -0.15) is 0 Å². The molecule has 3 nitrogen and oxygen atoms in total. The third-order valence-corrected chi connectivity index (χ3v) is 3.83. The van der Waals surface area contributed by atoms with Crippen molar-refractivity contribution < 1.29 is 9.53 Å². The van der Waals surface area contributed by atoms with Crippen molar-refractivity contribution in [2.24, 2.45) is 5.92 Å². The fourth-order valence-electron chi connectivity index (χ4n) is 2.77. The standard InChI is InChI=1S/C13H25NO2/c1-4-14(5-2)12-8-6-11(7-9-12)10-13(15)16-3/h11-12H,4-10H2,1-3H3. The molecule has 1 rings (SSSR count). The second kappa shape index (κ2) is 6.89. The number of nitrogens with zero attached hydrogens (tertiary/aromatic N) is 1. The molecule has 1 fully saturated rings. The molecular weight excluding hydrogens is 202 g/mol. The summed E-state index contributed by atoms with van der Waals surface area (Å²) in [5, 5.41) is 0. The van der Waals surface area contributed by atoms with Crippen LogP contribution in [-0.4, -0.2) is 37.1 Å². The van der Waals surface area contributed by atoms with E-state index in [0.717, 1.165) is 19.1 Å². The molecule has 0 bridgehead atoms. The molecule has 1 saturated carbocycles. The maximum atomic E-state index is 11.2. The van der Waals surface area contributed by atoms with Crippen LogP contribution in [0.1, 0.15) is 46.0 Å². The largest absolute Gasteiger partial charge is 0.469 e. The predicted octanol–water partition coefficient (Wildman–Crippen LogP) is 2.45. The van der Waals surface area contributed by atoms with E-state index in [1.165, 1.54) is 32.8 Å². The Morgan fingerprint density at radius 1 is 1.19 bits per heavy atom. The van der Waals surface area contributed by atoms with Crippen LogP contribution in [0.4, 0.5) is 0 Å². The highest BCUT2D eigenvalue weighted by atomic mass is 16.5. The summed E-state index contributed by atoms with van der Waals surface area (Å²) in [5.41, 5.74) is 0. The van der Waals surface area contributed by atoms with Gasteiger partial charge in [0.1, 0.15) is 0 Å². The molecule has 0 radical (unpaired) electrons. The van der Waals surface area contributed by atoms with E-state index in [1.54, 1.807) is 0 Å². The van der Waals surface area contributed by atoms with Gasteiger partial charge in [-0.25, -0.2) is 0 Å². The summed E-state index contributed by atoms with van der Waals surface area (Å²) in [4.78, 5) is 13.7. The van der Waals surface area contributed by atoms with Crippen molar-refractivity contribution in [3.05, 3.63) is 0 Å². The van der Waals surface area contributed by atoms with Crippen LogP contribution in [0.25, 0.3) is 0 Å². The van der Waals surface area contributed by atoms with E-state index in [4.69, 9.17) is 4.74 Å². The zero-order valence-electron chi connectivity index (χ0n) is 10.9. The number of ether oxygens (including phenoxy) is 1. The molecule has 0 spiro atoms. The van der Waals surface area contributed by atoms with Crippen LogP contribution >= 0.6 is 0 Å². The van der Waals surface area contributed by atoms with E-state index in [1.807, 2.05) is 0 Å². The molecule has 16 heavy (non-hydrogen) atoms. The fourth-order valence-corrected chi connectivity index (χ4v) is 2.77. The van der Waals surface area contributed by atoms with Crippen LogP contribution in [-0.2, 0) is 9.53 Å². The molecule has 0 aromatic rings. The van der Waals surface area contributed by atoms with Gasteiger partial charge in [-0.05, 0) is 44.7 Å². The molecular formula is C13H25NO2. The zero-order chi connectivity index (χ0) is 12.0. The van der Waals surface area contributed by atoms with Gasteiger partial charge in [0.25, 0.3) is 0 Å². The van der Waals surface area contributed by atoms with E-state index >= 15 is 0 Å². The minimum Gasteiger partial charge on any atom is -0.469 e. The Bertz CT molecular complexity index is 206. The van der Waals surface area contributed by atoms with Crippen molar-refractivity contribution in [2.75, 3.05) is 20.2 Å². The highest BCUT2D eigenvalue weighted by Crippen LogP contribution is 2.29. The van der Waals surface area contributed by atoms with Gasteiger partial charge in [-0.3, -0.25) is 4.79 Å². The minimum absolute atomic E-state index is 0.0497. The number of carbonyl (C=O) groups excluding carboxylic acids is 1. The van der Waals surface area contributed by atoms with E-state index < -0.39 is 0 Å². The highest BCUT2D eigenvalue weighted by molar-refractivity contribution is 5.69. The second-order valence-corrected chi connectivity index (χ2v) is 4.68.